The lowest BCUT2D eigenvalue weighted by atomic mass is 10.3. The summed E-state index contributed by atoms with van der Waals surface area (Å²) in [6.07, 6.45) is 2.96. The van der Waals surface area contributed by atoms with Crippen LogP contribution in [0, 0.1) is 5.82 Å². The molecule has 0 radical (unpaired) electrons. The molecule has 1 aromatic carbocycles. The number of carbonyl (C=O) groups excluding carboxylic acids is 1. The van der Waals surface area contributed by atoms with Crippen LogP contribution in [0.25, 0.3) is 0 Å². The summed E-state index contributed by atoms with van der Waals surface area (Å²) in [5.74, 6) is -0.275. The van der Waals surface area contributed by atoms with Crippen LogP contribution < -0.4 is 10.2 Å². The zero-order valence-corrected chi connectivity index (χ0v) is 12.9. The third-order valence-corrected chi connectivity index (χ3v) is 3.67. The van der Waals surface area contributed by atoms with Crippen molar-refractivity contribution in [2.75, 3.05) is 36.5 Å². The van der Waals surface area contributed by atoms with Gasteiger partial charge in [0.25, 0.3) is 5.91 Å². The first-order valence-electron chi connectivity index (χ1n) is 7.04. The molecule has 3 rings (SSSR count). The molecule has 0 bridgehead atoms. The number of nitrogens with one attached hydrogen (secondary N) is 1. The lowest BCUT2D eigenvalue weighted by Crippen LogP contribution is -2.36. The van der Waals surface area contributed by atoms with Crippen molar-refractivity contribution in [3.8, 4) is 0 Å². The van der Waals surface area contributed by atoms with Crippen molar-refractivity contribution in [2.24, 2.45) is 0 Å². The molecule has 6 nitrogen and oxygen atoms in total. The van der Waals surface area contributed by atoms with Crippen LogP contribution in [-0.2, 0) is 4.74 Å². The number of halogens is 2. The molecule has 1 saturated heterocycles. The minimum Gasteiger partial charge on any atom is -0.378 e. The number of amides is 1. The molecule has 2 heterocycles. The Morgan fingerprint density at radius 3 is 2.70 bits per heavy atom. The molecule has 0 saturated carbocycles. The number of morpholine rings is 1. The number of anilines is 2. The lowest BCUT2D eigenvalue weighted by Gasteiger charge is -2.27. The van der Waals surface area contributed by atoms with Gasteiger partial charge in [-0.15, -0.1) is 0 Å². The zero-order valence-electron chi connectivity index (χ0n) is 12.1. The Labute approximate surface area is 137 Å². The highest BCUT2D eigenvalue weighted by molar-refractivity contribution is 6.31. The second-order valence-electron chi connectivity index (χ2n) is 4.94. The van der Waals surface area contributed by atoms with Crippen molar-refractivity contribution in [2.45, 2.75) is 0 Å². The lowest BCUT2D eigenvalue weighted by molar-refractivity contribution is 0.102. The zero-order chi connectivity index (χ0) is 16.2. The van der Waals surface area contributed by atoms with E-state index in [4.69, 9.17) is 16.3 Å². The molecule has 1 amide bonds. The van der Waals surface area contributed by atoms with Gasteiger partial charge < -0.3 is 15.0 Å². The standard InChI is InChI=1S/C15H14ClFN4O2/c16-11-7-10(1-2-12(11)17)20-15(22)13-8-19-14(9-18-13)21-3-5-23-6-4-21/h1-2,7-9H,3-6H2,(H,20,22). The number of rotatable bonds is 3. The molecule has 0 atom stereocenters. The van der Waals surface area contributed by atoms with Crippen molar-refractivity contribution in [3.63, 3.8) is 0 Å². The number of aromatic nitrogens is 2. The summed E-state index contributed by atoms with van der Waals surface area (Å²) in [4.78, 5) is 22.5. The van der Waals surface area contributed by atoms with Crippen LogP contribution in [0.5, 0.6) is 0 Å². The van der Waals surface area contributed by atoms with E-state index in [2.05, 4.69) is 15.3 Å². The molecule has 1 aromatic heterocycles. The average molecular weight is 337 g/mol. The van der Waals surface area contributed by atoms with Gasteiger partial charge in [-0.25, -0.2) is 14.4 Å². The van der Waals surface area contributed by atoms with E-state index < -0.39 is 11.7 Å². The van der Waals surface area contributed by atoms with Crippen molar-refractivity contribution in [1.29, 1.82) is 0 Å². The minimum atomic E-state index is -0.542. The maximum absolute atomic E-state index is 13.1. The van der Waals surface area contributed by atoms with Crippen molar-refractivity contribution in [1.82, 2.24) is 9.97 Å². The van der Waals surface area contributed by atoms with Crippen LogP contribution in [0.15, 0.2) is 30.6 Å². The number of carbonyl (C=O) groups is 1. The van der Waals surface area contributed by atoms with Gasteiger partial charge in [0.05, 0.1) is 30.6 Å². The molecule has 1 N–H and O–H groups in total. The predicted molar refractivity (Wildman–Crippen MR) is 84.4 cm³/mol. The highest BCUT2D eigenvalue weighted by Gasteiger charge is 2.14. The van der Waals surface area contributed by atoms with Gasteiger partial charge in [-0.1, -0.05) is 11.6 Å². The fraction of sp³-hybridized carbons (Fsp3) is 0.267. The van der Waals surface area contributed by atoms with E-state index in [1.165, 1.54) is 24.4 Å². The third-order valence-electron chi connectivity index (χ3n) is 3.38. The van der Waals surface area contributed by atoms with Crippen LogP contribution in [-0.4, -0.2) is 42.2 Å². The Hall–Kier alpha value is -2.25. The quantitative estimate of drug-likeness (QED) is 0.932. The van der Waals surface area contributed by atoms with Gasteiger partial charge in [0.1, 0.15) is 17.3 Å². The number of hydrogen-bond acceptors (Lipinski definition) is 5. The Kier molecular flexibility index (Phi) is 4.68. The molecule has 8 heteroatoms. The fourth-order valence-electron chi connectivity index (χ4n) is 2.16. The van der Waals surface area contributed by atoms with Crippen LogP contribution in [0.4, 0.5) is 15.9 Å². The van der Waals surface area contributed by atoms with Gasteiger partial charge >= 0.3 is 0 Å². The van der Waals surface area contributed by atoms with Crippen LogP contribution in [0.2, 0.25) is 5.02 Å². The molecule has 23 heavy (non-hydrogen) atoms. The van der Waals surface area contributed by atoms with E-state index in [1.807, 2.05) is 4.90 Å². The maximum Gasteiger partial charge on any atom is 0.275 e. The van der Waals surface area contributed by atoms with E-state index in [0.717, 1.165) is 13.1 Å². The summed E-state index contributed by atoms with van der Waals surface area (Å²) in [5, 5.41) is 2.54. The van der Waals surface area contributed by atoms with Crippen molar-refractivity contribution >= 4 is 29.0 Å². The molecular formula is C15H14ClFN4O2. The third kappa shape index (κ3) is 3.75. The van der Waals surface area contributed by atoms with Crippen LogP contribution >= 0.6 is 11.6 Å². The molecule has 1 fully saturated rings. The summed E-state index contributed by atoms with van der Waals surface area (Å²) in [7, 11) is 0. The molecule has 0 unspecified atom stereocenters. The highest BCUT2D eigenvalue weighted by Crippen LogP contribution is 2.20. The van der Waals surface area contributed by atoms with E-state index in [0.29, 0.717) is 24.7 Å². The smallest absolute Gasteiger partial charge is 0.275 e. The summed E-state index contributed by atoms with van der Waals surface area (Å²) in [5.41, 5.74) is 0.558. The summed E-state index contributed by atoms with van der Waals surface area (Å²) >= 11 is 5.68. The number of ether oxygens (including phenoxy) is 1. The first kappa shape index (κ1) is 15.6. The number of benzene rings is 1. The summed E-state index contributed by atoms with van der Waals surface area (Å²) < 4.78 is 18.4. The SMILES string of the molecule is O=C(Nc1ccc(F)c(Cl)c1)c1cnc(N2CCOCC2)cn1. The average Bonchev–Trinajstić information content (AvgIpc) is 2.59. The molecule has 0 spiro atoms. The highest BCUT2D eigenvalue weighted by atomic mass is 35.5. The Balaban J connectivity index is 1.68. The molecular weight excluding hydrogens is 323 g/mol. The monoisotopic (exact) mass is 336 g/mol. The second-order valence-corrected chi connectivity index (χ2v) is 5.35. The Morgan fingerprint density at radius 2 is 2.04 bits per heavy atom. The van der Waals surface area contributed by atoms with Gasteiger partial charge in [-0.2, -0.15) is 0 Å². The van der Waals surface area contributed by atoms with Gasteiger partial charge in [-0.05, 0) is 18.2 Å². The first-order valence-corrected chi connectivity index (χ1v) is 7.42. The largest absolute Gasteiger partial charge is 0.378 e. The van der Waals surface area contributed by atoms with E-state index in [1.54, 1.807) is 6.20 Å². The molecule has 2 aromatic rings. The van der Waals surface area contributed by atoms with E-state index >= 15 is 0 Å². The number of nitrogens with zero attached hydrogens (tertiary/aromatic N) is 3. The predicted octanol–water partition coefficient (Wildman–Crippen LogP) is 2.36. The van der Waals surface area contributed by atoms with Crippen molar-refractivity contribution in [3.05, 3.63) is 47.1 Å². The molecule has 1 aliphatic heterocycles. The van der Waals surface area contributed by atoms with Gasteiger partial charge in [0, 0.05) is 18.8 Å². The molecule has 0 aliphatic carbocycles. The Morgan fingerprint density at radius 1 is 1.26 bits per heavy atom. The van der Waals surface area contributed by atoms with Crippen LogP contribution in [0.1, 0.15) is 10.5 Å². The first-order chi connectivity index (χ1) is 11.1. The Bertz CT molecular complexity index is 705. The fourth-order valence-corrected chi connectivity index (χ4v) is 2.34. The summed E-state index contributed by atoms with van der Waals surface area (Å²) in [6.45, 7) is 2.78. The maximum atomic E-state index is 13.1. The number of hydrogen-bond donors (Lipinski definition) is 1. The van der Waals surface area contributed by atoms with Crippen molar-refractivity contribution < 1.29 is 13.9 Å². The van der Waals surface area contributed by atoms with Gasteiger partial charge in [0.15, 0.2) is 0 Å². The van der Waals surface area contributed by atoms with E-state index in [-0.39, 0.29) is 10.7 Å². The molecule has 120 valence electrons. The second kappa shape index (κ2) is 6.89. The van der Waals surface area contributed by atoms with E-state index in [9.17, 15) is 9.18 Å². The van der Waals surface area contributed by atoms with Gasteiger partial charge in [0.2, 0.25) is 0 Å². The summed E-state index contributed by atoms with van der Waals surface area (Å²) in [6, 6.07) is 3.95. The van der Waals surface area contributed by atoms with Gasteiger partial charge in [-0.3, -0.25) is 4.79 Å². The topological polar surface area (TPSA) is 67.4 Å². The normalized spacial score (nSPS) is 14.6. The minimum absolute atomic E-state index is 0.0588. The molecule has 1 aliphatic rings. The van der Waals surface area contributed by atoms with Crippen LogP contribution in [0.3, 0.4) is 0 Å².